The van der Waals surface area contributed by atoms with Gasteiger partial charge in [0, 0.05) is 29.2 Å². The molecular formula is C21H20ClN3O3. The van der Waals surface area contributed by atoms with E-state index in [1.54, 1.807) is 17.0 Å². The molecule has 2 aromatic carbocycles. The van der Waals surface area contributed by atoms with Crippen LogP contribution >= 0.6 is 11.6 Å². The topological polar surface area (TPSA) is 68.5 Å². The van der Waals surface area contributed by atoms with E-state index in [0.29, 0.717) is 36.3 Å². The molecule has 1 saturated heterocycles. The third-order valence-electron chi connectivity index (χ3n) is 4.64. The van der Waals surface area contributed by atoms with Gasteiger partial charge >= 0.3 is 0 Å². The van der Waals surface area contributed by atoms with Gasteiger partial charge in [0.15, 0.2) is 0 Å². The first kappa shape index (κ1) is 18.5. The van der Waals surface area contributed by atoms with Gasteiger partial charge in [-0.3, -0.25) is 4.79 Å². The highest BCUT2D eigenvalue weighted by molar-refractivity contribution is 6.30. The smallest absolute Gasteiger partial charge is 0.232 e. The molecule has 2 heterocycles. The molecule has 1 aromatic heterocycles. The van der Waals surface area contributed by atoms with E-state index < -0.39 is 0 Å². The number of nitrogens with zero attached hydrogens (tertiary/aromatic N) is 3. The highest BCUT2D eigenvalue weighted by atomic mass is 35.5. The van der Waals surface area contributed by atoms with E-state index in [0.717, 1.165) is 23.4 Å². The standard InChI is InChI=1S/C21H20ClN3O3/c1-2-11-27-18-9-3-14(4-10-18)20-23-21(28-24-20)15-12-19(26)25(13-15)17-7-5-16(22)6-8-17/h3-10,15H,2,11-13H2,1H3. The molecule has 1 amide bonds. The molecule has 1 unspecified atom stereocenters. The highest BCUT2D eigenvalue weighted by Gasteiger charge is 2.35. The van der Waals surface area contributed by atoms with Gasteiger partial charge in [0.25, 0.3) is 0 Å². The van der Waals surface area contributed by atoms with Crippen LogP contribution in [0.4, 0.5) is 5.69 Å². The molecule has 144 valence electrons. The fourth-order valence-corrected chi connectivity index (χ4v) is 3.31. The van der Waals surface area contributed by atoms with Crippen LogP contribution in [-0.4, -0.2) is 29.2 Å². The number of aromatic nitrogens is 2. The Bertz CT molecular complexity index is 954. The Labute approximate surface area is 168 Å². The molecule has 0 bridgehead atoms. The first-order valence-electron chi connectivity index (χ1n) is 9.27. The zero-order valence-electron chi connectivity index (χ0n) is 15.5. The zero-order chi connectivity index (χ0) is 19.5. The van der Waals surface area contributed by atoms with Crippen molar-refractivity contribution in [2.45, 2.75) is 25.7 Å². The summed E-state index contributed by atoms with van der Waals surface area (Å²) in [7, 11) is 0. The van der Waals surface area contributed by atoms with E-state index in [2.05, 4.69) is 17.1 Å². The Hall–Kier alpha value is -2.86. The number of anilines is 1. The van der Waals surface area contributed by atoms with Gasteiger partial charge in [-0.15, -0.1) is 0 Å². The Morgan fingerprint density at radius 3 is 2.64 bits per heavy atom. The number of rotatable bonds is 6. The number of hydrogen-bond donors (Lipinski definition) is 0. The van der Waals surface area contributed by atoms with Gasteiger partial charge in [0.1, 0.15) is 5.75 Å². The van der Waals surface area contributed by atoms with E-state index in [1.807, 2.05) is 36.4 Å². The summed E-state index contributed by atoms with van der Waals surface area (Å²) in [5.41, 5.74) is 1.66. The number of ether oxygens (including phenoxy) is 1. The maximum Gasteiger partial charge on any atom is 0.232 e. The van der Waals surface area contributed by atoms with E-state index in [9.17, 15) is 4.79 Å². The molecule has 0 radical (unpaired) electrons. The Balaban J connectivity index is 1.47. The average Bonchev–Trinajstić information content (AvgIpc) is 3.34. The molecule has 28 heavy (non-hydrogen) atoms. The van der Waals surface area contributed by atoms with E-state index >= 15 is 0 Å². The molecule has 1 fully saturated rings. The minimum atomic E-state index is -0.128. The third kappa shape index (κ3) is 3.87. The zero-order valence-corrected chi connectivity index (χ0v) is 16.2. The molecule has 0 aliphatic carbocycles. The van der Waals surface area contributed by atoms with Crippen molar-refractivity contribution in [3.63, 3.8) is 0 Å². The average molecular weight is 398 g/mol. The summed E-state index contributed by atoms with van der Waals surface area (Å²) in [5, 5.41) is 4.72. The number of benzene rings is 2. The van der Waals surface area contributed by atoms with Crippen LogP contribution in [0.3, 0.4) is 0 Å². The molecule has 3 aromatic rings. The summed E-state index contributed by atoms with van der Waals surface area (Å²) in [6.07, 6.45) is 1.30. The van der Waals surface area contributed by atoms with E-state index in [-0.39, 0.29) is 11.8 Å². The Kier molecular flexibility index (Phi) is 5.30. The largest absolute Gasteiger partial charge is 0.494 e. The van der Waals surface area contributed by atoms with Crippen molar-refractivity contribution in [1.29, 1.82) is 0 Å². The monoisotopic (exact) mass is 397 g/mol. The van der Waals surface area contributed by atoms with Crippen LogP contribution in [0.15, 0.2) is 53.1 Å². The van der Waals surface area contributed by atoms with Crippen molar-refractivity contribution in [1.82, 2.24) is 10.1 Å². The van der Waals surface area contributed by atoms with Gasteiger partial charge in [-0.1, -0.05) is 23.7 Å². The van der Waals surface area contributed by atoms with Crippen LogP contribution in [0.2, 0.25) is 5.02 Å². The molecule has 1 atom stereocenters. The van der Waals surface area contributed by atoms with Gasteiger partial charge in [-0.25, -0.2) is 0 Å². The van der Waals surface area contributed by atoms with Crippen LogP contribution in [0, 0.1) is 0 Å². The number of carbonyl (C=O) groups is 1. The second-order valence-corrected chi connectivity index (χ2v) is 7.15. The van der Waals surface area contributed by atoms with E-state index in [1.165, 1.54) is 0 Å². The second-order valence-electron chi connectivity index (χ2n) is 6.71. The van der Waals surface area contributed by atoms with Gasteiger partial charge < -0.3 is 14.2 Å². The number of amides is 1. The summed E-state index contributed by atoms with van der Waals surface area (Å²) in [4.78, 5) is 18.7. The van der Waals surface area contributed by atoms with Crippen LogP contribution in [0.1, 0.15) is 31.6 Å². The Morgan fingerprint density at radius 2 is 1.93 bits per heavy atom. The van der Waals surface area contributed by atoms with Crippen molar-refractivity contribution in [3.8, 4) is 17.1 Å². The SMILES string of the molecule is CCCOc1ccc(-c2noc(C3CC(=O)N(c4ccc(Cl)cc4)C3)n2)cc1. The normalized spacial score (nSPS) is 16.6. The third-order valence-corrected chi connectivity index (χ3v) is 4.89. The first-order chi connectivity index (χ1) is 13.6. The van der Waals surface area contributed by atoms with E-state index in [4.69, 9.17) is 20.9 Å². The predicted octanol–water partition coefficient (Wildman–Crippen LogP) is 4.70. The van der Waals surface area contributed by atoms with Crippen LogP contribution < -0.4 is 9.64 Å². The van der Waals surface area contributed by atoms with Crippen LogP contribution in [0.5, 0.6) is 5.75 Å². The van der Waals surface area contributed by atoms with Gasteiger partial charge in [0.2, 0.25) is 17.6 Å². The molecule has 0 saturated carbocycles. The summed E-state index contributed by atoms with van der Waals surface area (Å²) in [6.45, 7) is 3.26. The Morgan fingerprint density at radius 1 is 1.18 bits per heavy atom. The predicted molar refractivity (Wildman–Crippen MR) is 107 cm³/mol. The highest BCUT2D eigenvalue weighted by Crippen LogP contribution is 2.32. The summed E-state index contributed by atoms with van der Waals surface area (Å²) in [5.74, 6) is 1.70. The number of halogens is 1. The number of carbonyl (C=O) groups excluding carboxylic acids is 1. The van der Waals surface area contributed by atoms with Crippen LogP contribution in [0.25, 0.3) is 11.4 Å². The molecular weight excluding hydrogens is 378 g/mol. The van der Waals surface area contributed by atoms with Crippen molar-refractivity contribution < 1.29 is 14.1 Å². The van der Waals surface area contributed by atoms with Gasteiger partial charge in [-0.2, -0.15) is 4.98 Å². The maximum atomic E-state index is 12.4. The summed E-state index contributed by atoms with van der Waals surface area (Å²) >= 11 is 5.93. The molecule has 1 aliphatic heterocycles. The molecule has 0 N–H and O–H groups in total. The fourth-order valence-electron chi connectivity index (χ4n) is 3.18. The quantitative estimate of drug-likeness (QED) is 0.603. The molecule has 6 nitrogen and oxygen atoms in total. The lowest BCUT2D eigenvalue weighted by Crippen LogP contribution is -2.24. The lowest BCUT2D eigenvalue weighted by Gasteiger charge is -2.15. The maximum absolute atomic E-state index is 12.4. The second kappa shape index (κ2) is 8.02. The minimum Gasteiger partial charge on any atom is -0.494 e. The van der Waals surface area contributed by atoms with Gasteiger partial charge in [-0.05, 0) is 55.0 Å². The lowest BCUT2D eigenvalue weighted by atomic mass is 10.1. The fraction of sp³-hybridized carbons (Fsp3) is 0.286. The van der Waals surface area contributed by atoms with Crippen molar-refractivity contribution in [2.75, 3.05) is 18.1 Å². The molecule has 7 heteroatoms. The minimum absolute atomic E-state index is 0.0319. The molecule has 1 aliphatic rings. The van der Waals surface area contributed by atoms with Gasteiger partial charge in [0.05, 0.1) is 12.5 Å². The first-order valence-corrected chi connectivity index (χ1v) is 9.64. The van der Waals surface area contributed by atoms with Crippen molar-refractivity contribution in [2.24, 2.45) is 0 Å². The summed E-state index contributed by atoms with van der Waals surface area (Å²) in [6, 6.07) is 14.8. The number of hydrogen-bond acceptors (Lipinski definition) is 5. The molecule has 0 spiro atoms. The van der Waals surface area contributed by atoms with Crippen LogP contribution in [-0.2, 0) is 4.79 Å². The summed E-state index contributed by atoms with van der Waals surface area (Å²) < 4.78 is 11.0. The van der Waals surface area contributed by atoms with Crippen molar-refractivity contribution in [3.05, 3.63) is 59.4 Å². The molecule has 4 rings (SSSR count). The van der Waals surface area contributed by atoms with Crippen molar-refractivity contribution >= 4 is 23.2 Å². The lowest BCUT2D eigenvalue weighted by molar-refractivity contribution is -0.117.